The minimum Gasteiger partial charge on any atom is -0.324 e. The Kier molecular flexibility index (Phi) is 4.14. The number of hydrogen-bond donors (Lipinski definition) is 1. The van der Waals surface area contributed by atoms with Gasteiger partial charge in [-0.25, -0.2) is 4.39 Å². The van der Waals surface area contributed by atoms with Crippen LogP contribution in [-0.4, -0.2) is 0 Å². The normalized spacial score (nSPS) is 14.1. The summed E-state index contributed by atoms with van der Waals surface area (Å²) < 4.78 is 50.2. The summed E-state index contributed by atoms with van der Waals surface area (Å²) in [7, 11) is 0. The fourth-order valence-electron chi connectivity index (χ4n) is 1.64. The van der Waals surface area contributed by atoms with E-state index in [-0.39, 0.29) is 0 Å². The van der Waals surface area contributed by atoms with E-state index in [1.807, 2.05) is 13.8 Å². The van der Waals surface area contributed by atoms with Gasteiger partial charge in [0.05, 0.1) is 5.56 Å². The molecule has 0 bridgehead atoms. The SMILES string of the molecule is CC(C)C[C@@H](N)c1ccc(C(F)(F)F)c(F)c1. The van der Waals surface area contributed by atoms with Gasteiger partial charge in [0.1, 0.15) is 5.82 Å². The van der Waals surface area contributed by atoms with Gasteiger partial charge >= 0.3 is 6.18 Å². The van der Waals surface area contributed by atoms with Crippen LogP contribution in [0.25, 0.3) is 0 Å². The lowest BCUT2D eigenvalue weighted by Crippen LogP contribution is -2.15. The van der Waals surface area contributed by atoms with Crippen LogP contribution in [0.4, 0.5) is 17.6 Å². The molecule has 5 heteroatoms. The van der Waals surface area contributed by atoms with Crippen LogP contribution in [0.5, 0.6) is 0 Å². The minimum absolute atomic E-state index is 0.301. The summed E-state index contributed by atoms with van der Waals surface area (Å²) in [6.45, 7) is 3.89. The van der Waals surface area contributed by atoms with Crippen molar-refractivity contribution in [2.24, 2.45) is 11.7 Å². The zero-order valence-corrected chi connectivity index (χ0v) is 9.68. The Balaban J connectivity index is 2.97. The summed E-state index contributed by atoms with van der Waals surface area (Å²) >= 11 is 0. The van der Waals surface area contributed by atoms with Gasteiger partial charge in [-0.3, -0.25) is 0 Å². The lowest BCUT2D eigenvalue weighted by Gasteiger charge is -2.16. The maximum atomic E-state index is 13.3. The Morgan fingerprint density at radius 3 is 2.24 bits per heavy atom. The molecule has 17 heavy (non-hydrogen) atoms. The summed E-state index contributed by atoms with van der Waals surface area (Å²) in [4.78, 5) is 0. The van der Waals surface area contributed by atoms with E-state index < -0.39 is 23.6 Å². The second-order valence-electron chi connectivity index (χ2n) is 4.47. The topological polar surface area (TPSA) is 26.0 Å². The van der Waals surface area contributed by atoms with Gasteiger partial charge in [0.15, 0.2) is 0 Å². The van der Waals surface area contributed by atoms with Crippen molar-refractivity contribution in [2.75, 3.05) is 0 Å². The first-order chi connectivity index (χ1) is 7.71. The van der Waals surface area contributed by atoms with Crippen molar-refractivity contribution < 1.29 is 17.6 Å². The number of hydrogen-bond acceptors (Lipinski definition) is 1. The Morgan fingerprint density at radius 1 is 1.24 bits per heavy atom. The molecule has 96 valence electrons. The van der Waals surface area contributed by atoms with E-state index in [1.54, 1.807) is 0 Å². The first-order valence-electron chi connectivity index (χ1n) is 5.34. The molecule has 0 spiro atoms. The van der Waals surface area contributed by atoms with Crippen molar-refractivity contribution in [3.8, 4) is 0 Å². The summed E-state index contributed by atoms with van der Waals surface area (Å²) in [6.07, 6.45) is -4.06. The second-order valence-corrected chi connectivity index (χ2v) is 4.47. The molecule has 0 fully saturated rings. The highest BCUT2D eigenvalue weighted by molar-refractivity contribution is 5.28. The van der Waals surface area contributed by atoms with E-state index in [0.717, 1.165) is 12.1 Å². The van der Waals surface area contributed by atoms with Gasteiger partial charge in [0.25, 0.3) is 0 Å². The molecule has 1 aromatic rings. The van der Waals surface area contributed by atoms with Gasteiger partial charge in [-0.05, 0) is 30.0 Å². The number of halogens is 4. The fraction of sp³-hybridized carbons (Fsp3) is 0.500. The van der Waals surface area contributed by atoms with Crippen LogP contribution in [0.15, 0.2) is 18.2 Å². The quantitative estimate of drug-likeness (QED) is 0.808. The molecule has 0 radical (unpaired) electrons. The molecule has 0 aliphatic heterocycles. The molecule has 0 aromatic heterocycles. The molecule has 0 saturated heterocycles. The first-order valence-corrected chi connectivity index (χ1v) is 5.34. The third-order valence-corrected chi connectivity index (χ3v) is 2.45. The first kappa shape index (κ1) is 14.0. The molecule has 2 N–H and O–H groups in total. The highest BCUT2D eigenvalue weighted by Crippen LogP contribution is 2.32. The molecule has 1 rings (SSSR count). The Labute approximate surface area is 97.6 Å². The average Bonchev–Trinajstić information content (AvgIpc) is 2.14. The molecule has 0 saturated carbocycles. The minimum atomic E-state index is -4.66. The molecular formula is C12H15F4N. The average molecular weight is 249 g/mol. The summed E-state index contributed by atoms with van der Waals surface area (Å²) in [5.74, 6) is -0.968. The van der Waals surface area contributed by atoms with Crippen molar-refractivity contribution in [3.63, 3.8) is 0 Å². The monoisotopic (exact) mass is 249 g/mol. The van der Waals surface area contributed by atoms with E-state index in [2.05, 4.69) is 0 Å². The Morgan fingerprint density at radius 2 is 1.82 bits per heavy atom. The highest BCUT2D eigenvalue weighted by Gasteiger charge is 2.34. The number of nitrogens with two attached hydrogens (primary N) is 1. The lowest BCUT2D eigenvalue weighted by atomic mass is 9.97. The molecule has 0 amide bonds. The Bertz CT molecular complexity index is 385. The van der Waals surface area contributed by atoms with Gasteiger partial charge in [-0.1, -0.05) is 19.9 Å². The van der Waals surface area contributed by atoms with Crippen LogP contribution in [-0.2, 0) is 6.18 Å². The van der Waals surface area contributed by atoms with Crippen molar-refractivity contribution in [2.45, 2.75) is 32.5 Å². The van der Waals surface area contributed by atoms with Crippen molar-refractivity contribution >= 4 is 0 Å². The zero-order chi connectivity index (χ0) is 13.2. The van der Waals surface area contributed by atoms with Gasteiger partial charge in [-0.15, -0.1) is 0 Å². The molecule has 1 nitrogen and oxygen atoms in total. The third-order valence-electron chi connectivity index (χ3n) is 2.45. The Hall–Kier alpha value is -1.10. The third kappa shape index (κ3) is 3.70. The van der Waals surface area contributed by atoms with Gasteiger partial charge in [0.2, 0.25) is 0 Å². The smallest absolute Gasteiger partial charge is 0.324 e. The number of rotatable bonds is 3. The second kappa shape index (κ2) is 5.04. The zero-order valence-electron chi connectivity index (χ0n) is 9.68. The maximum absolute atomic E-state index is 13.3. The number of benzene rings is 1. The molecular weight excluding hydrogens is 234 g/mol. The molecule has 0 unspecified atom stereocenters. The van der Waals surface area contributed by atoms with E-state index >= 15 is 0 Å². The largest absolute Gasteiger partial charge is 0.419 e. The van der Waals surface area contributed by atoms with Gasteiger partial charge in [0, 0.05) is 6.04 Å². The van der Waals surface area contributed by atoms with Crippen LogP contribution < -0.4 is 5.73 Å². The molecule has 1 aromatic carbocycles. The van der Waals surface area contributed by atoms with Crippen molar-refractivity contribution in [3.05, 3.63) is 35.1 Å². The summed E-state index contributed by atoms with van der Waals surface area (Å²) in [5.41, 5.74) is 4.92. The highest BCUT2D eigenvalue weighted by atomic mass is 19.4. The molecule has 1 atom stereocenters. The van der Waals surface area contributed by atoms with Crippen molar-refractivity contribution in [1.82, 2.24) is 0 Å². The molecule has 0 aliphatic rings. The predicted octanol–water partition coefficient (Wildman–Crippen LogP) is 3.89. The van der Waals surface area contributed by atoms with Crippen LogP contribution in [0, 0.1) is 11.7 Å². The summed E-state index contributed by atoms with van der Waals surface area (Å²) in [5, 5.41) is 0. The number of alkyl halides is 3. The lowest BCUT2D eigenvalue weighted by molar-refractivity contribution is -0.140. The predicted molar refractivity (Wildman–Crippen MR) is 57.8 cm³/mol. The van der Waals surface area contributed by atoms with Crippen molar-refractivity contribution in [1.29, 1.82) is 0 Å². The van der Waals surface area contributed by atoms with Gasteiger partial charge in [-0.2, -0.15) is 13.2 Å². The standard InChI is InChI=1S/C12H15F4N/c1-7(2)5-11(17)8-3-4-9(10(13)6-8)12(14,15)16/h3-4,6-7,11H,5,17H2,1-2H3/t11-/m1/s1. The van der Waals surface area contributed by atoms with E-state index in [1.165, 1.54) is 6.07 Å². The van der Waals surface area contributed by atoms with E-state index in [4.69, 9.17) is 5.73 Å². The van der Waals surface area contributed by atoms with Crippen LogP contribution in [0.1, 0.15) is 37.4 Å². The van der Waals surface area contributed by atoms with Crippen LogP contribution >= 0.6 is 0 Å². The fourth-order valence-corrected chi connectivity index (χ4v) is 1.64. The van der Waals surface area contributed by atoms with E-state index in [9.17, 15) is 17.6 Å². The molecule has 0 heterocycles. The van der Waals surface area contributed by atoms with Crippen LogP contribution in [0.3, 0.4) is 0 Å². The molecule has 0 aliphatic carbocycles. The summed E-state index contributed by atoms with van der Waals surface area (Å²) in [6, 6.07) is 2.41. The van der Waals surface area contributed by atoms with Gasteiger partial charge < -0.3 is 5.73 Å². The van der Waals surface area contributed by atoms with E-state index in [0.29, 0.717) is 17.9 Å². The van der Waals surface area contributed by atoms with Crippen LogP contribution in [0.2, 0.25) is 0 Å². The maximum Gasteiger partial charge on any atom is 0.419 e.